The number of carboxylic acid groups (broad SMARTS) is 1. The van der Waals surface area contributed by atoms with Crippen LogP contribution in [0.5, 0.6) is 5.75 Å². The van der Waals surface area contributed by atoms with Crippen LogP contribution in [0.4, 0.5) is 0 Å². The normalized spacial score (nSPS) is 17.1. The van der Waals surface area contributed by atoms with Gasteiger partial charge in [0.25, 0.3) is 0 Å². The Morgan fingerprint density at radius 2 is 1.78 bits per heavy atom. The molecule has 0 aromatic heterocycles. The lowest BCUT2D eigenvalue weighted by molar-refractivity contribution is -0.148. The number of methoxy groups -OCH3 is 1. The molecule has 126 valence electrons. The average molecular weight is 337 g/mol. The number of aliphatic carboxylic acids is 1. The molecule has 0 saturated heterocycles. The van der Waals surface area contributed by atoms with Crippen LogP contribution in [0.1, 0.15) is 38.5 Å². The Balaban J connectivity index is 1.92. The zero-order valence-electron chi connectivity index (χ0n) is 13.3. The number of thioether (sulfide) groups is 1. The van der Waals surface area contributed by atoms with E-state index < -0.39 is 11.5 Å². The highest BCUT2D eigenvalue weighted by molar-refractivity contribution is 8.00. The molecule has 0 aliphatic heterocycles. The zero-order valence-corrected chi connectivity index (χ0v) is 14.2. The molecule has 1 aliphatic carbocycles. The third-order valence-electron chi connectivity index (χ3n) is 4.17. The van der Waals surface area contributed by atoms with Crippen LogP contribution in [0.25, 0.3) is 0 Å². The largest absolute Gasteiger partial charge is 0.497 e. The summed E-state index contributed by atoms with van der Waals surface area (Å²) in [6.45, 7) is 0. The molecule has 0 bridgehead atoms. The van der Waals surface area contributed by atoms with Crippen LogP contribution in [-0.2, 0) is 9.59 Å². The number of rotatable bonds is 6. The van der Waals surface area contributed by atoms with Crippen LogP contribution >= 0.6 is 11.8 Å². The first-order valence-corrected chi connectivity index (χ1v) is 8.85. The Hall–Kier alpha value is -1.69. The molecule has 0 spiro atoms. The highest BCUT2D eigenvalue weighted by Gasteiger charge is 2.39. The van der Waals surface area contributed by atoms with Crippen LogP contribution in [-0.4, -0.2) is 35.4 Å². The fourth-order valence-electron chi connectivity index (χ4n) is 2.85. The van der Waals surface area contributed by atoms with Crippen molar-refractivity contribution >= 4 is 23.6 Å². The molecule has 23 heavy (non-hydrogen) atoms. The van der Waals surface area contributed by atoms with Gasteiger partial charge >= 0.3 is 5.97 Å². The Labute approximate surface area is 140 Å². The van der Waals surface area contributed by atoms with Gasteiger partial charge in [0.05, 0.1) is 12.9 Å². The van der Waals surface area contributed by atoms with Crippen molar-refractivity contribution < 1.29 is 19.4 Å². The van der Waals surface area contributed by atoms with Crippen molar-refractivity contribution in [3.8, 4) is 5.75 Å². The summed E-state index contributed by atoms with van der Waals surface area (Å²) in [7, 11) is 1.60. The lowest BCUT2D eigenvalue weighted by Gasteiger charge is -2.29. The minimum Gasteiger partial charge on any atom is -0.497 e. The van der Waals surface area contributed by atoms with E-state index >= 15 is 0 Å². The second kappa shape index (κ2) is 8.24. The minimum absolute atomic E-state index is 0.210. The van der Waals surface area contributed by atoms with Crippen LogP contribution < -0.4 is 10.1 Å². The molecule has 1 aromatic carbocycles. The summed E-state index contributed by atoms with van der Waals surface area (Å²) in [6, 6.07) is 7.44. The number of carbonyl (C=O) groups is 2. The number of carbonyl (C=O) groups excluding carboxylic acids is 1. The third-order valence-corrected chi connectivity index (χ3v) is 5.19. The molecule has 1 saturated carbocycles. The predicted molar refractivity (Wildman–Crippen MR) is 89.9 cm³/mol. The maximum Gasteiger partial charge on any atom is 0.329 e. The van der Waals surface area contributed by atoms with Gasteiger partial charge in [0, 0.05) is 4.90 Å². The second-order valence-corrected chi connectivity index (χ2v) is 6.86. The summed E-state index contributed by atoms with van der Waals surface area (Å²) in [4.78, 5) is 24.8. The minimum atomic E-state index is -1.09. The second-order valence-electron chi connectivity index (χ2n) is 5.81. The van der Waals surface area contributed by atoms with Crippen molar-refractivity contribution in [1.29, 1.82) is 0 Å². The topological polar surface area (TPSA) is 75.6 Å². The molecule has 1 aliphatic rings. The maximum absolute atomic E-state index is 12.2. The summed E-state index contributed by atoms with van der Waals surface area (Å²) in [5.41, 5.74) is -1.09. The van der Waals surface area contributed by atoms with E-state index in [9.17, 15) is 14.7 Å². The quantitative estimate of drug-likeness (QED) is 0.616. The van der Waals surface area contributed by atoms with E-state index in [2.05, 4.69) is 5.32 Å². The zero-order chi connectivity index (χ0) is 16.7. The molecule has 0 heterocycles. The summed E-state index contributed by atoms with van der Waals surface area (Å²) in [5.74, 6) is -0.166. The van der Waals surface area contributed by atoms with Gasteiger partial charge in [-0.15, -0.1) is 11.8 Å². The smallest absolute Gasteiger partial charge is 0.329 e. The van der Waals surface area contributed by atoms with Crippen LogP contribution in [0.15, 0.2) is 29.2 Å². The Morgan fingerprint density at radius 1 is 1.17 bits per heavy atom. The molecule has 0 atom stereocenters. The first-order chi connectivity index (χ1) is 11.1. The molecule has 1 fully saturated rings. The van der Waals surface area contributed by atoms with Crippen molar-refractivity contribution in [2.45, 2.75) is 49.0 Å². The monoisotopic (exact) mass is 337 g/mol. The number of ether oxygens (including phenoxy) is 1. The van der Waals surface area contributed by atoms with E-state index in [1.807, 2.05) is 24.3 Å². The number of hydrogen-bond donors (Lipinski definition) is 2. The number of benzene rings is 1. The Morgan fingerprint density at radius 3 is 2.30 bits per heavy atom. The van der Waals surface area contributed by atoms with Gasteiger partial charge in [0.2, 0.25) is 5.91 Å². The predicted octanol–water partition coefficient (Wildman–Crippen LogP) is 3.08. The van der Waals surface area contributed by atoms with E-state index in [-0.39, 0.29) is 11.7 Å². The Bertz CT molecular complexity index is 536. The molecule has 2 rings (SSSR count). The number of carboxylic acids is 1. The summed E-state index contributed by atoms with van der Waals surface area (Å²) in [6.07, 6.45) is 4.79. The van der Waals surface area contributed by atoms with Crippen molar-refractivity contribution in [1.82, 2.24) is 5.32 Å². The molecule has 0 radical (unpaired) electrons. The number of hydrogen-bond acceptors (Lipinski definition) is 4. The number of amides is 1. The number of nitrogens with one attached hydrogen (secondary N) is 1. The molecule has 6 heteroatoms. The van der Waals surface area contributed by atoms with Crippen molar-refractivity contribution in [3.05, 3.63) is 24.3 Å². The SMILES string of the molecule is COc1ccc(SCC(=O)NC2(C(=O)O)CCCCCC2)cc1. The standard InChI is InChI=1S/C17H23NO4S/c1-22-13-6-8-14(9-7-13)23-12-15(19)18-17(16(20)21)10-4-2-3-5-11-17/h6-9H,2-5,10-12H2,1H3,(H,18,19)(H,20,21). The first-order valence-electron chi connectivity index (χ1n) is 7.87. The molecule has 1 amide bonds. The van der Waals surface area contributed by atoms with Gasteiger partial charge in [-0.25, -0.2) is 4.79 Å². The van der Waals surface area contributed by atoms with E-state index in [1.54, 1.807) is 7.11 Å². The highest BCUT2D eigenvalue weighted by Crippen LogP contribution is 2.28. The van der Waals surface area contributed by atoms with Crippen LogP contribution in [0, 0.1) is 0 Å². The van der Waals surface area contributed by atoms with Crippen molar-refractivity contribution in [2.24, 2.45) is 0 Å². The summed E-state index contributed by atoms with van der Waals surface area (Å²) < 4.78 is 5.09. The third kappa shape index (κ3) is 4.89. The Kier molecular flexibility index (Phi) is 6.33. The van der Waals surface area contributed by atoms with Gasteiger partial charge in [-0.1, -0.05) is 25.7 Å². The lowest BCUT2D eigenvalue weighted by Crippen LogP contribution is -2.54. The van der Waals surface area contributed by atoms with E-state index in [4.69, 9.17) is 4.74 Å². The average Bonchev–Trinajstić information content (AvgIpc) is 2.80. The fourth-order valence-corrected chi connectivity index (χ4v) is 3.55. The molecular formula is C17H23NO4S. The molecule has 0 unspecified atom stereocenters. The van der Waals surface area contributed by atoms with E-state index in [1.165, 1.54) is 11.8 Å². The first kappa shape index (κ1) is 17.7. The summed E-state index contributed by atoms with van der Waals surface area (Å²) in [5, 5.41) is 12.4. The molecule has 1 aromatic rings. The van der Waals surface area contributed by atoms with Gasteiger partial charge in [-0.3, -0.25) is 4.79 Å². The van der Waals surface area contributed by atoms with Gasteiger partial charge in [0.1, 0.15) is 11.3 Å². The van der Waals surface area contributed by atoms with E-state index in [0.29, 0.717) is 12.8 Å². The fraction of sp³-hybridized carbons (Fsp3) is 0.529. The van der Waals surface area contributed by atoms with Gasteiger partial charge < -0.3 is 15.2 Å². The van der Waals surface area contributed by atoms with E-state index in [0.717, 1.165) is 36.3 Å². The molecular weight excluding hydrogens is 314 g/mol. The van der Waals surface area contributed by atoms with Crippen molar-refractivity contribution in [2.75, 3.05) is 12.9 Å². The molecule has 2 N–H and O–H groups in total. The van der Waals surface area contributed by atoms with Gasteiger partial charge in [0.15, 0.2) is 0 Å². The van der Waals surface area contributed by atoms with Gasteiger partial charge in [-0.2, -0.15) is 0 Å². The maximum atomic E-state index is 12.2. The van der Waals surface area contributed by atoms with Crippen LogP contribution in [0.3, 0.4) is 0 Å². The lowest BCUT2D eigenvalue weighted by atomic mass is 9.90. The van der Waals surface area contributed by atoms with Crippen LogP contribution in [0.2, 0.25) is 0 Å². The molecule has 5 nitrogen and oxygen atoms in total. The highest BCUT2D eigenvalue weighted by atomic mass is 32.2. The van der Waals surface area contributed by atoms with Crippen molar-refractivity contribution in [3.63, 3.8) is 0 Å². The van der Waals surface area contributed by atoms with Gasteiger partial charge in [-0.05, 0) is 37.1 Å². The summed E-state index contributed by atoms with van der Waals surface area (Å²) >= 11 is 1.39.